The van der Waals surface area contributed by atoms with Crippen molar-refractivity contribution in [2.24, 2.45) is 5.92 Å². The summed E-state index contributed by atoms with van der Waals surface area (Å²) in [6.07, 6.45) is 7.26. The van der Waals surface area contributed by atoms with Crippen molar-refractivity contribution in [1.29, 1.82) is 0 Å². The predicted octanol–water partition coefficient (Wildman–Crippen LogP) is 1.42. The van der Waals surface area contributed by atoms with Crippen molar-refractivity contribution in [3.8, 4) is 0 Å². The number of carbonyl (C=O) groups is 2. The van der Waals surface area contributed by atoms with Crippen molar-refractivity contribution in [3.05, 3.63) is 48.0 Å². The van der Waals surface area contributed by atoms with Crippen LogP contribution < -0.4 is 10.6 Å². The number of aromatic amines is 1. The Morgan fingerprint density at radius 3 is 2.61 bits per heavy atom. The smallest absolute Gasteiger partial charge is 0.251 e. The Morgan fingerprint density at radius 1 is 1.21 bits per heavy atom. The van der Waals surface area contributed by atoms with E-state index in [2.05, 4.69) is 20.6 Å². The molecule has 28 heavy (non-hydrogen) atoms. The molecule has 3 N–H and O–H groups in total. The number of aromatic nitrogens is 2. The first-order valence-corrected chi connectivity index (χ1v) is 11.1. The predicted molar refractivity (Wildman–Crippen MR) is 103 cm³/mol. The van der Waals surface area contributed by atoms with Gasteiger partial charge in [-0.3, -0.25) is 9.59 Å². The van der Waals surface area contributed by atoms with Crippen LogP contribution in [0.25, 0.3) is 0 Å². The molecule has 1 aliphatic carbocycles. The number of imidazole rings is 1. The number of amides is 2. The zero-order chi connectivity index (χ0) is 20.1. The van der Waals surface area contributed by atoms with Gasteiger partial charge in [0.05, 0.1) is 11.4 Å². The van der Waals surface area contributed by atoms with Crippen molar-refractivity contribution < 1.29 is 18.0 Å². The van der Waals surface area contributed by atoms with E-state index in [1.807, 2.05) is 0 Å². The lowest BCUT2D eigenvalue weighted by Crippen LogP contribution is -2.40. The third-order valence-corrected chi connectivity index (χ3v) is 6.05. The first-order chi connectivity index (χ1) is 13.3. The van der Waals surface area contributed by atoms with Gasteiger partial charge in [0.15, 0.2) is 9.84 Å². The standard InChI is InChI=1S/C19H24N4O4S/c1-28(26,27)16-4-2-3-14(11-16)19(25)23-15-7-5-13(6-8-15)18(24)22-12-17-20-9-10-21-17/h2-4,9-11,13,15H,5-8,12H2,1H3,(H,20,21)(H,22,24)(H,23,25). The highest BCUT2D eigenvalue weighted by Gasteiger charge is 2.27. The Kier molecular flexibility index (Phi) is 6.13. The lowest BCUT2D eigenvalue weighted by Gasteiger charge is -2.28. The third kappa shape index (κ3) is 5.19. The van der Waals surface area contributed by atoms with Crippen LogP contribution in [0.4, 0.5) is 0 Å². The van der Waals surface area contributed by atoms with Crippen LogP contribution in [-0.4, -0.2) is 42.5 Å². The van der Waals surface area contributed by atoms with E-state index in [9.17, 15) is 18.0 Å². The number of hydrogen-bond acceptors (Lipinski definition) is 5. The van der Waals surface area contributed by atoms with Crippen LogP contribution in [-0.2, 0) is 21.2 Å². The summed E-state index contributed by atoms with van der Waals surface area (Å²) in [6.45, 7) is 0.374. The molecular weight excluding hydrogens is 380 g/mol. The number of nitrogens with one attached hydrogen (secondary N) is 3. The SMILES string of the molecule is CS(=O)(=O)c1cccc(C(=O)NC2CCC(C(=O)NCc3ncc[nH]3)CC2)c1. The maximum absolute atomic E-state index is 12.4. The van der Waals surface area contributed by atoms with Crippen LogP contribution in [0, 0.1) is 5.92 Å². The Labute approximate surface area is 164 Å². The van der Waals surface area contributed by atoms with Gasteiger partial charge in [0.25, 0.3) is 5.91 Å². The molecule has 1 heterocycles. The molecule has 1 aliphatic rings. The Balaban J connectivity index is 1.48. The maximum atomic E-state index is 12.4. The highest BCUT2D eigenvalue weighted by Crippen LogP contribution is 2.25. The lowest BCUT2D eigenvalue weighted by molar-refractivity contribution is -0.126. The molecule has 0 atom stereocenters. The summed E-state index contributed by atoms with van der Waals surface area (Å²) < 4.78 is 23.3. The molecule has 150 valence electrons. The van der Waals surface area contributed by atoms with Gasteiger partial charge < -0.3 is 15.6 Å². The molecule has 0 aliphatic heterocycles. The molecule has 1 aromatic carbocycles. The topological polar surface area (TPSA) is 121 Å². The van der Waals surface area contributed by atoms with Gasteiger partial charge >= 0.3 is 0 Å². The minimum absolute atomic E-state index is 0.00188. The van der Waals surface area contributed by atoms with Gasteiger partial charge in [0.1, 0.15) is 5.82 Å². The normalized spacial score (nSPS) is 19.8. The molecule has 1 aromatic heterocycles. The second kappa shape index (κ2) is 8.55. The first kappa shape index (κ1) is 20.1. The average molecular weight is 404 g/mol. The third-order valence-electron chi connectivity index (χ3n) is 4.94. The van der Waals surface area contributed by atoms with Gasteiger partial charge in [0.2, 0.25) is 5.91 Å². The van der Waals surface area contributed by atoms with E-state index >= 15 is 0 Å². The first-order valence-electron chi connectivity index (χ1n) is 9.20. The average Bonchev–Trinajstić information content (AvgIpc) is 3.20. The molecule has 2 aromatic rings. The number of rotatable bonds is 6. The molecule has 0 spiro atoms. The van der Waals surface area contributed by atoms with Gasteiger partial charge in [-0.1, -0.05) is 6.07 Å². The Morgan fingerprint density at radius 2 is 1.96 bits per heavy atom. The number of carbonyl (C=O) groups excluding carboxylic acids is 2. The van der Waals surface area contributed by atoms with E-state index in [0.717, 1.165) is 6.26 Å². The maximum Gasteiger partial charge on any atom is 0.251 e. The van der Waals surface area contributed by atoms with E-state index in [1.165, 1.54) is 12.1 Å². The summed E-state index contributed by atoms with van der Waals surface area (Å²) in [6, 6.07) is 5.99. The molecule has 0 saturated heterocycles. The summed E-state index contributed by atoms with van der Waals surface area (Å²) in [7, 11) is -3.36. The fourth-order valence-corrected chi connectivity index (χ4v) is 4.01. The van der Waals surface area contributed by atoms with Crippen LogP contribution in [0.5, 0.6) is 0 Å². The highest BCUT2D eigenvalue weighted by molar-refractivity contribution is 7.90. The number of benzene rings is 1. The monoisotopic (exact) mass is 404 g/mol. The molecule has 1 saturated carbocycles. The molecule has 0 bridgehead atoms. The Hall–Kier alpha value is -2.68. The van der Waals surface area contributed by atoms with Gasteiger partial charge in [-0.15, -0.1) is 0 Å². The zero-order valence-corrected chi connectivity index (χ0v) is 16.5. The number of hydrogen-bond donors (Lipinski definition) is 3. The van der Waals surface area contributed by atoms with Crippen molar-refractivity contribution in [2.75, 3.05) is 6.26 Å². The Bertz CT molecular complexity index is 933. The fraction of sp³-hybridized carbons (Fsp3) is 0.421. The number of H-pyrrole nitrogens is 1. The summed E-state index contributed by atoms with van der Waals surface area (Å²) in [5.41, 5.74) is 0.321. The molecule has 9 heteroatoms. The van der Waals surface area contributed by atoms with Crippen molar-refractivity contribution >= 4 is 21.7 Å². The van der Waals surface area contributed by atoms with E-state index in [4.69, 9.17) is 0 Å². The second-order valence-corrected chi connectivity index (χ2v) is 9.09. The molecule has 1 fully saturated rings. The van der Waals surface area contributed by atoms with Gasteiger partial charge in [-0.2, -0.15) is 0 Å². The summed E-state index contributed by atoms with van der Waals surface area (Å²) in [5.74, 6) is 0.348. The van der Waals surface area contributed by atoms with Crippen LogP contribution in [0.2, 0.25) is 0 Å². The van der Waals surface area contributed by atoms with E-state index in [0.29, 0.717) is 43.6 Å². The quantitative estimate of drug-likeness (QED) is 0.672. The van der Waals surface area contributed by atoms with Crippen LogP contribution in [0.3, 0.4) is 0 Å². The molecular formula is C19H24N4O4S. The van der Waals surface area contributed by atoms with Gasteiger partial charge in [0, 0.05) is 36.2 Å². The van der Waals surface area contributed by atoms with Gasteiger partial charge in [-0.05, 0) is 43.9 Å². The minimum atomic E-state index is -3.36. The highest BCUT2D eigenvalue weighted by atomic mass is 32.2. The number of sulfone groups is 1. The fourth-order valence-electron chi connectivity index (χ4n) is 3.35. The summed E-state index contributed by atoms with van der Waals surface area (Å²) in [4.78, 5) is 31.9. The largest absolute Gasteiger partial charge is 0.349 e. The van der Waals surface area contributed by atoms with Crippen LogP contribution >= 0.6 is 0 Å². The zero-order valence-electron chi connectivity index (χ0n) is 15.6. The van der Waals surface area contributed by atoms with Gasteiger partial charge in [-0.25, -0.2) is 13.4 Å². The van der Waals surface area contributed by atoms with Crippen LogP contribution in [0.15, 0.2) is 41.6 Å². The summed E-state index contributed by atoms with van der Waals surface area (Å²) >= 11 is 0. The van der Waals surface area contributed by atoms with E-state index in [-0.39, 0.29) is 28.7 Å². The van der Waals surface area contributed by atoms with Crippen LogP contribution in [0.1, 0.15) is 41.9 Å². The molecule has 0 unspecified atom stereocenters. The molecule has 3 rings (SSSR count). The van der Waals surface area contributed by atoms with E-state index in [1.54, 1.807) is 24.5 Å². The minimum Gasteiger partial charge on any atom is -0.349 e. The second-order valence-electron chi connectivity index (χ2n) is 7.08. The molecule has 2 amide bonds. The lowest BCUT2D eigenvalue weighted by atomic mass is 9.85. The van der Waals surface area contributed by atoms with Crippen molar-refractivity contribution in [1.82, 2.24) is 20.6 Å². The van der Waals surface area contributed by atoms with Crippen molar-refractivity contribution in [3.63, 3.8) is 0 Å². The molecule has 0 radical (unpaired) electrons. The number of nitrogens with zero attached hydrogens (tertiary/aromatic N) is 1. The van der Waals surface area contributed by atoms with E-state index < -0.39 is 9.84 Å². The van der Waals surface area contributed by atoms with Crippen molar-refractivity contribution in [2.45, 2.75) is 43.2 Å². The summed E-state index contributed by atoms with van der Waals surface area (Å²) in [5, 5.41) is 5.83. The molecule has 8 nitrogen and oxygen atoms in total.